The van der Waals surface area contributed by atoms with Gasteiger partial charge in [-0.1, -0.05) is 18.2 Å². The van der Waals surface area contributed by atoms with Crippen molar-refractivity contribution in [2.75, 3.05) is 0 Å². The third-order valence-electron chi connectivity index (χ3n) is 3.30. The minimum Gasteiger partial charge on any atom is -0.504 e. The van der Waals surface area contributed by atoms with Crippen LogP contribution in [0.2, 0.25) is 0 Å². The molecule has 6 nitrogen and oxygen atoms in total. The largest absolute Gasteiger partial charge is 0.504 e. The second-order valence-electron chi connectivity index (χ2n) is 5.03. The molecule has 0 aliphatic rings. The maximum absolute atomic E-state index is 9.85. The number of hydrogen-bond acceptors (Lipinski definition) is 6. The number of benzene rings is 2. The molecule has 0 aliphatic heterocycles. The summed E-state index contributed by atoms with van der Waals surface area (Å²) in [5.74, 6) is -1.38. The highest BCUT2D eigenvalue weighted by Crippen LogP contribution is 2.36. The first-order chi connectivity index (χ1) is 11.6. The van der Waals surface area contributed by atoms with Crippen molar-refractivity contribution in [3.8, 4) is 17.2 Å². The summed E-state index contributed by atoms with van der Waals surface area (Å²) in [6.45, 7) is 1.89. The molecule has 130 valence electrons. The molecule has 0 unspecified atom stereocenters. The van der Waals surface area contributed by atoms with Gasteiger partial charge in [0.15, 0.2) is 11.5 Å². The highest BCUT2D eigenvalue weighted by Gasteiger charge is 2.09. The van der Waals surface area contributed by atoms with E-state index in [1.54, 1.807) is 4.68 Å². The molecule has 3 rings (SSSR count). The third-order valence-corrected chi connectivity index (χ3v) is 4.24. The Bertz CT molecular complexity index is 965. The van der Waals surface area contributed by atoms with Crippen molar-refractivity contribution >= 4 is 40.2 Å². The fourth-order valence-corrected chi connectivity index (χ4v) is 2.85. The quantitative estimate of drug-likeness (QED) is 0.445. The predicted molar refractivity (Wildman–Crippen MR) is 103 cm³/mol. The minimum atomic E-state index is -0.569. The highest BCUT2D eigenvalue weighted by atomic mass is 79.9. The van der Waals surface area contributed by atoms with Crippen LogP contribution < -0.4 is 4.80 Å². The average molecular weight is 422 g/mol. The van der Waals surface area contributed by atoms with Crippen molar-refractivity contribution < 1.29 is 15.3 Å². The van der Waals surface area contributed by atoms with Crippen molar-refractivity contribution in [3.05, 3.63) is 63.9 Å². The predicted octanol–water partition coefficient (Wildman–Crippen LogP) is 3.67. The fourth-order valence-electron chi connectivity index (χ4n) is 2.02. The molecule has 25 heavy (non-hydrogen) atoms. The van der Waals surface area contributed by atoms with Gasteiger partial charge in [0, 0.05) is 10.9 Å². The maximum atomic E-state index is 9.85. The number of hydrogen-bond donors (Lipinski definition) is 3. The van der Waals surface area contributed by atoms with Gasteiger partial charge >= 0.3 is 0 Å². The van der Waals surface area contributed by atoms with Gasteiger partial charge in [-0.2, -0.15) is 5.10 Å². The van der Waals surface area contributed by atoms with E-state index in [0.717, 1.165) is 11.4 Å². The molecular formula is C17H16BrN3O3S. The van der Waals surface area contributed by atoms with Crippen LogP contribution in [0.25, 0.3) is 0 Å². The molecule has 3 N–H and O–H groups in total. The summed E-state index contributed by atoms with van der Waals surface area (Å²) in [4.78, 5) is 5.22. The van der Waals surface area contributed by atoms with Gasteiger partial charge in [-0.25, -0.2) is 9.67 Å². The van der Waals surface area contributed by atoms with Crippen molar-refractivity contribution in [2.45, 2.75) is 6.92 Å². The van der Waals surface area contributed by atoms with Crippen molar-refractivity contribution in [2.24, 2.45) is 10.1 Å². The number of para-hydroxylation sites is 1. The van der Waals surface area contributed by atoms with Crippen molar-refractivity contribution in [3.63, 3.8) is 0 Å². The van der Waals surface area contributed by atoms with Gasteiger partial charge in [-0.3, -0.25) is 0 Å². The Hall–Kier alpha value is -2.58. The second kappa shape index (κ2) is 8.00. The van der Waals surface area contributed by atoms with E-state index in [1.807, 2.05) is 42.6 Å². The lowest BCUT2D eigenvalue weighted by atomic mass is 10.2. The van der Waals surface area contributed by atoms with Crippen LogP contribution in [0.3, 0.4) is 0 Å². The van der Waals surface area contributed by atoms with E-state index in [2.05, 4.69) is 10.1 Å². The Balaban J connectivity index is 0.00000225. The molecule has 0 aliphatic carbocycles. The molecule has 1 heterocycles. The summed E-state index contributed by atoms with van der Waals surface area (Å²) < 4.78 is 1.64. The van der Waals surface area contributed by atoms with E-state index in [-0.39, 0.29) is 28.3 Å². The number of aromatic nitrogens is 1. The number of halogens is 1. The third kappa shape index (κ3) is 4.09. The first-order valence-electron chi connectivity index (χ1n) is 7.11. The van der Waals surface area contributed by atoms with Gasteiger partial charge in [0.25, 0.3) is 0 Å². The van der Waals surface area contributed by atoms with Gasteiger partial charge < -0.3 is 15.3 Å². The van der Waals surface area contributed by atoms with Crippen LogP contribution in [-0.2, 0) is 0 Å². The number of thiazole rings is 1. The van der Waals surface area contributed by atoms with Crippen molar-refractivity contribution in [1.29, 1.82) is 0 Å². The average Bonchev–Trinajstić information content (AvgIpc) is 2.93. The van der Waals surface area contributed by atoms with Crippen LogP contribution in [0, 0.1) is 6.92 Å². The molecule has 3 aromatic rings. The van der Waals surface area contributed by atoms with Crippen LogP contribution in [0.4, 0.5) is 5.69 Å². The number of phenols is 3. The van der Waals surface area contributed by atoms with Crippen LogP contribution in [0.5, 0.6) is 17.2 Å². The fraction of sp³-hybridized carbons (Fsp3) is 0.0588. The van der Waals surface area contributed by atoms with E-state index in [4.69, 9.17) is 0 Å². The summed E-state index contributed by atoms with van der Waals surface area (Å²) in [6, 6.07) is 12.3. The molecule has 2 aromatic carbocycles. The molecule has 0 saturated heterocycles. The van der Waals surface area contributed by atoms with Crippen LogP contribution >= 0.6 is 28.3 Å². The van der Waals surface area contributed by atoms with Gasteiger partial charge in [0.2, 0.25) is 10.6 Å². The zero-order valence-corrected chi connectivity index (χ0v) is 15.7. The molecule has 0 spiro atoms. The molecule has 0 fully saturated rings. The Morgan fingerprint density at radius 1 is 1.00 bits per heavy atom. The monoisotopic (exact) mass is 421 g/mol. The Morgan fingerprint density at radius 3 is 2.44 bits per heavy atom. The minimum absolute atomic E-state index is 0. The lowest BCUT2D eigenvalue weighted by Crippen LogP contribution is -2.11. The highest BCUT2D eigenvalue weighted by molar-refractivity contribution is 8.93. The molecule has 0 bridgehead atoms. The number of aryl methyl sites for hydroxylation is 1. The molecule has 0 atom stereocenters. The Morgan fingerprint density at radius 2 is 1.72 bits per heavy atom. The van der Waals surface area contributed by atoms with Crippen LogP contribution in [-0.4, -0.2) is 26.2 Å². The van der Waals surface area contributed by atoms with E-state index in [0.29, 0.717) is 4.80 Å². The van der Waals surface area contributed by atoms with E-state index in [1.165, 1.54) is 29.7 Å². The Labute approximate surface area is 158 Å². The van der Waals surface area contributed by atoms with Gasteiger partial charge in [0.05, 0.1) is 17.6 Å². The summed E-state index contributed by atoms with van der Waals surface area (Å²) in [5.41, 5.74) is 1.98. The van der Waals surface area contributed by atoms with Crippen LogP contribution in [0.1, 0.15) is 11.3 Å². The SMILES string of the molecule is Br.Cc1csc(=Nc2ccccc2)n1/N=C/c1ccc(O)c(O)c1O. The van der Waals surface area contributed by atoms with E-state index < -0.39 is 11.5 Å². The number of rotatable bonds is 3. The standard InChI is InChI=1S/C17H15N3O3S.BrH/c1-11-10-24-17(19-13-5-3-2-4-6-13)20(11)18-9-12-7-8-14(21)16(23)15(12)22;/h2-10,21-23H,1H3;1H/b18-9+,19-17?;. The molecule has 8 heteroatoms. The molecule has 0 saturated carbocycles. The zero-order valence-electron chi connectivity index (χ0n) is 13.2. The zero-order chi connectivity index (χ0) is 17.1. The lowest BCUT2D eigenvalue weighted by Gasteiger charge is -2.03. The van der Waals surface area contributed by atoms with Crippen molar-refractivity contribution in [1.82, 2.24) is 4.68 Å². The summed E-state index contributed by atoms with van der Waals surface area (Å²) in [6.07, 6.45) is 1.40. The first-order valence-corrected chi connectivity index (χ1v) is 7.99. The molecule has 1 aromatic heterocycles. The maximum Gasteiger partial charge on any atom is 0.211 e. The van der Waals surface area contributed by atoms with E-state index >= 15 is 0 Å². The summed E-state index contributed by atoms with van der Waals surface area (Å²) in [5, 5.41) is 35.0. The Kier molecular flexibility index (Phi) is 6.00. The smallest absolute Gasteiger partial charge is 0.211 e. The van der Waals surface area contributed by atoms with E-state index in [9.17, 15) is 15.3 Å². The summed E-state index contributed by atoms with van der Waals surface area (Å²) in [7, 11) is 0. The second-order valence-corrected chi connectivity index (χ2v) is 5.87. The number of nitrogens with zero attached hydrogens (tertiary/aromatic N) is 3. The number of phenolic OH excluding ortho intramolecular Hbond substituents is 3. The molecule has 0 radical (unpaired) electrons. The van der Waals surface area contributed by atoms with Gasteiger partial charge in [-0.05, 0) is 31.2 Å². The molecular weight excluding hydrogens is 406 g/mol. The normalized spacial score (nSPS) is 11.6. The van der Waals surface area contributed by atoms with Gasteiger partial charge in [-0.15, -0.1) is 28.3 Å². The first kappa shape index (κ1) is 18.8. The van der Waals surface area contributed by atoms with Crippen LogP contribution in [0.15, 0.2) is 57.9 Å². The van der Waals surface area contributed by atoms with Gasteiger partial charge in [0.1, 0.15) is 0 Å². The lowest BCUT2D eigenvalue weighted by molar-refractivity contribution is 0.367. The topological polar surface area (TPSA) is 90.3 Å². The number of aromatic hydroxyl groups is 3. The molecule has 0 amide bonds. The summed E-state index contributed by atoms with van der Waals surface area (Å²) >= 11 is 1.45.